The lowest BCUT2D eigenvalue weighted by atomic mass is 9.89. The first-order chi connectivity index (χ1) is 35.6. The zero-order valence-corrected chi connectivity index (χ0v) is 38.6. The molecule has 0 spiro atoms. The van der Waals surface area contributed by atoms with Gasteiger partial charge in [0.1, 0.15) is 11.6 Å². The number of halogens is 2. The van der Waals surface area contributed by atoms with E-state index in [0.29, 0.717) is 0 Å². The third kappa shape index (κ3) is 5.78. The molecule has 15 aromatic rings. The van der Waals surface area contributed by atoms with E-state index in [1.54, 1.807) is 0 Å². The predicted octanol–water partition coefficient (Wildman–Crippen LogP) is 18.5. The molecular weight excluding hydrogens is 887 g/mol. The van der Waals surface area contributed by atoms with Crippen LogP contribution >= 0.6 is 0 Å². The molecule has 72 heavy (non-hydrogen) atoms. The summed E-state index contributed by atoms with van der Waals surface area (Å²) < 4.78 is 34.1. The molecule has 4 nitrogen and oxygen atoms in total. The van der Waals surface area contributed by atoms with E-state index in [2.05, 4.69) is 176 Å². The summed E-state index contributed by atoms with van der Waals surface area (Å²) in [5, 5.41) is 9.38. The standard InChI is InChI=1S/C66H40F2N4/c67-43-27-31-47(32-28-43)69(45-19-9-3-10-20-45)49-35-37-51-54-24-14-26-56-62-60(42-17-7-2-8-18-42)66-61(59(41-15-5-1-6-16-41)65(62)71(64(54)56)57(51)39-49)55-25-13-23-53-52-38-36-50(40-58(52)72(66)63(53)55)70(46-21-11-4-12-22-46)48-33-29-44(68)30-34-48/h1-40H. The number of benzene rings is 11. The largest absolute Gasteiger partial charge is 0.310 e. The quantitative estimate of drug-likeness (QED) is 0.151. The third-order valence-corrected chi connectivity index (χ3v) is 14.8. The van der Waals surface area contributed by atoms with E-state index < -0.39 is 0 Å². The second kappa shape index (κ2) is 15.5. The van der Waals surface area contributed by atoms with Crippen LogP contribution in [0.15, 0.2) is 243 Å². The van der Waals surface area contributed by atoms with E-state index in [9.17, 15) is 8.78 Å². The fourth-order valence-corrected chi connectivity index (χ4v) is 12.0. The van der Waals surface area contributed by atoms with Crippen molar-refractivity contribution in [2.75, 3.05) is 9.80 Å². The summed E-state index contributed by atoms with van der Waals surface area (Å²) in [6, 6.07) is 83.0. The fraction of sp³-hybridized carbons (Fsp3) is 0. The Hall–Kier alpha value is -9.52. The van der Waals surface area contributed by atoms with Crippen LogP contribution in [0.25, 0.3) is 98.4 Å². The summed E-state index contributed by atoms with van der Waals surface area (Å²) in [6.07, 6.45) is 0. The molecule has 0 aliphatic rings. The monoisotopic (exact) mass is 926 g/mol. The van der Waals surface area contributed by atoms with Gasteiger partial charge in [0.2, 0.25) is 0 Å². The summed E-state index contributed by atoms with van der Waals surface area (Å²) in [5.74, 6) is -0.551. The lowest BCUT2D eigenvalue weighted by Crippen LogP contribution is -2.09. The van der Waals surface area contributed by atoms with Crippen molar-refractivity contribution in [3.8, 4) is 22.3 Å². The van der Waals surface area contributed by atoms with Crippen LogP contribution in [0.1, 0.15) is 0 Å². The summed E-state index contributed by atoms with van der Waals surface area (Å²) in [7, 11) is 0. The van der Waals surface area contributed by atoms with Gasteiger partial charge in [-0.2, -0.15) is 0 Å². The molecule has 0 unspecified atom stereocenters. The number of aromatic nitrogens is 2. The molecule has 6 heteroatoms. The molecule has 4 heterocycles. The van der Waals surface area contributed by atoms with E-state index in [0.717, 1.165) is 89.2 Å². The minimum atomic E-state index is -0.275. The van der Waals surface area contributed by atoms with Crippen LogP contribution in [0.3, 0.4) is 0 Å². The molecule has 0 atom stereocenters. The van der Waals surface area contributed by atoms with Crippen molar-refractivity contribution in [2.45, 2.75) is 0 Å². The van der Waals surface area contributed by atoms with Crippen LogP contribution in [0, 0.1) is 11.6 Å². The van der Waals surface area contributed by atoms with Crippen molar-refractivity contribution >= 4 is 110 Å². The average Bonchev–Trinajstić information content (AvgIpc) is 4.18. The SMILES string of the molecule is Fc1ccc(N(c2ccccc2)c2ccc3c4cccc5c6c(-c7ccccc7)c7c(c(-c8ccccc8)c6n(c3c2)c45)c2cccc3c4ccc(N(c5ccccc5)c5ccc(F)cc5)cc4n7c32)cc1. The van der Waals surface area contributed by atoms with E-state index in [1.807, 2.05) is 60.7 Å². The molecule has 0 aliphatic carbocycles. The molecular formula is C66H40F2N4. The van der Waals surface area contributed by atoms with Gasteiger partial charge < -0.3 is 18.6 Å². The van der Waals surface area contributed by atoms with Crippen molar-refractivity contribution in [3.05, 3.63) is 254 Å². The maximum absolute atomic E-state index is 14.5. The van der Waals surface area contributed by atoms with Crippen LogP contribution in [0.4, 0.5) is 42.9 Å². The Labute approximate surface area is 412 Å². The van der Waals surface area contributed by atoms with E-state index in [-0.39, 0.29) is 11.6 Å². The van der Waals surface area contributed by atoms with Gasteiger partial charge in [0.25, 0.3) is 0 Å². The molecule has 0 fully saturated rings. The maximum Gasteiger partial charge on any atom is 0.123 e. The number of rotatable bonds is 8. The van der Waals surface area contributed by atoms with Crippen LogP contribution < -0.4 is 9.80 Å². The molecule has 0 N–H and O–H groups in total. The van der Waals surface area contributed by atoms with Crippen molar-refractivity contribution < 1.29 is 8.78 Å². The van der Waals surface area contributed by atoms with Crippen LogP contribution in [0.2, 0.25) is 0 Å². The molecule has 0 amide bonds. The first kappa shape index (κ1) is 40.4. The Morgan fingerprint density at radius 2 is 0.597 bits per heavy atom. The lowest BCUT2D eigenvalue weighted by molar-refractivity contribution is 0.627. The topological polar surface area (TPSA) is 15.3 Å². The molecule has 0 aliphatic heterocycles. The number of fused-ring (bicyclic) bond motifs is 12. The highest BCUT2D eigenvalue weighted by molar-refractivity contribution is 6.38. The molecule has 0 saturated carbocycles. The molecule has 0 bridgehead atoms. The molecule has 4 aromatic heterocycles. The minimum absolute atomic E-state index is 0.275. The number of hydrogen-bond acceptors (Lipinski definition) is 2. The predicted molar refractivity (Wildman–Crippen MR) is 296 cm³/mol. The van der Waals surface area contributed by atoms with Gasteiger partial charge in [0.05, 0.1) is 33.1 Å². The van der Waals surface area contributed by atoms with Crippen LogP contribution in [-0.4, -0.2) is 8.80 Å². The highest BCUT2D eigenvalue weighted by Crippen LogP contribution is 2.54. The van der Waals surface area contributed by atoms with Gasteiger partial charge in [-0.3, -0.25) is 0 Å². The average molecular weight is 927 g/mol. The summed E-state index contributed by atoms with van der Waals surface area (Å²) in [5.41, 5.74) is 17.0. The maximum atomic E-state index is 14.5. The van der Waals surface area contributed by atoms with Gasteiger partial charge in [-0.25, -0.2) is 8.78 Å². The van der Waals surface area contributed by atoms with Crippen LogP contribution in [-0.2, 0) is 0 Å². The van der Waals surface area contributed by atoms with Gasteiger partial charge in [-0.1, -0.05) is 146 Å². The van der Waals surface area contributed by atoms with Gasteiger partial charge in [0, 0.05) is 88.3 Å². The van der Waals surface area contributed by atoms with Crippen molar-refractivity contribution in [1.82, 2.24) is 8.80 Å². The molecule has 0 radical (unpaired) electrons. The zero-order chi connectivity index (χ0) is 47.6. The van der Waals surface area contributed by atoms with Crippen LogP contribution in [0.5, 0.6) is 0 Å². The lowest BCUT2D eigenvalue weighted by Gasteiger charge is -2.25. The van der Waals surface area contributed by atoms with Crippen molar-refractivity contribution in [2.24, 2.45) is 0 Å². The van der Waals surface area contributed by atoms with Gasteiger partial charge >= 0.3 is 0 Å². The summed E-state index contributed by atoms with van der Waals surface area (Å²) in [6.45, 7) is 0. The Balaban J connectivity index is 1.13. The molecule has 0 saturated heterocycles. The van der Waals surface area contributed by atoms with Gasteiger partial charge in [-0.15, -0.1) is 0 Å². The first-order valence-corrected chi connectivity index (χ1v) is 24.3. The summed E-state index contributed by atoms with van der Waals surface area (Å²) >= 11 is 0. The van der Waals surface area contributed by atoms with Crippen molar-refractivity contribution in [1.29, 1.82) is 0 Å². The van der Waals surface area contributed by atoms with E-state index in [1.165, 1.54) is 67.6 Å². The van der Waals surface area contributed by atoms with Gasteiger partial charge in [-0.05, 0) is 108 Å². The second-order valence-electron chi connectivity index (χ2n) is 18.7. The Bertz CT molecular complexity index is 4250. The molecule has 338 valence electrons. The highest BCUT2D eigenvalue weighted by Gasteiger charge is 2.31. The first-order valence-electron chi connectivity index (χ1n) is 24.3. The smallest absolute Gasteiger partial charge is 0.123 e. The van der Waals surface area contributed by atoms with E-state index >= 15 is 0 Å². The second-order valence-corrected chi connectivity index (χ2v) is 18.7. The molecule has 15 rings (SSSR count). The Kier molecular flexibility index (Phi) is 8.69. The fourth-order valence-electron chi connectivity index (χ4n) is 12.0. The number of hydrogen-bond donors (Lipinski definition) is 0. The third-order valence-electron chi connectivity index (χ3n) is 14.8. The van der Waals surface area contributed by atoms with Gasteiger partial charge in [0.15, 0.2) is 0 Å². The Morgan fingerprint density at radius 1 is 0.264 bits per heavy atom. The number of para-hydroxylation sites is 4. The van der Waals surface area contributed by atoms with Crippen molar-refractivity contribution in [3.63, 3.8) is 0 Å². The number of nitrogens with zero attached hydrogens (tertiary/aromatic N) is 4. The minimum Gasteiger partial charge on any atom is -0.310 e. The number of anilines is 6. The highest BCUT2D eigenvalue weighted by atomic mass is 19.1. The van der Waals surface area contributed by atoms with E-state index in [4.69, 9.17) is 0 Å². The molecule has 11 aromatic carbocycles. The summed E-state index contributed by atoms with van der Waals surface area (Å²) in [4.78, 5) is 4.41. The Morgan fingerprint density at radius 3 is 0.986 bits per heavy atom. The normalized spacial score (nSPS) is 12.0. The zero-order valence-electron chi connectivity index (χ0n) is 38.6.